The van der Waals surface area contributed by atoms with Crippen molar-refractivity contribution in [2.45, 2.75) is 39.3 Å². The molecule has 0 aromatic heterocycles. The van der Waals surface area contributed by atoms with Gasteiger partial charge in [-0.3, -0.25) is 0 Å². The number of halogens is 1. The van der Waals surface area contributed by atoms with E-state index in [9.17, 15) is 8.42 Å². The number of hydrogen-bond acceptors (Lipinski definition) is 3. The van der Waals surface area contributed by atoms with Crippen molar-refractivity contribution in [2.75, 3.05) is 12.0 Å². The minimum Gasteiger partial charge on any atom is -0.308 e. The highest BCUT2D eigenvalue weighted by Gasteiger charge is 2.12. The molecule has 0 spiro atoms. The molecule has 0 fully saturated rings. The molecule has 0 heterocycles. The van der Waals surface area contributed by atoms with Crippen molar-refractivity contribution in [2.24, 2.45) is 0 Å². The molecule has 19 heavy (non-hydrogen) atoms. The summed E-state index contributed by atoms with van der Waals surface area (Å²) in [5.41, 5.74) is 2.42. The highest BCUT2D eigenvalue weighted by atomic mass is 79.9. The minimum absolute atomic E-state index is 0.175. The molecular weight excluding hydrogens is 326 g/mol. The Kier molecular flexibility index (Phi) is 6.02. The average molecular weight is 348 g/mol. The first-order valence-electron chi connectivity index (χ1n) is 6.39. The van der Waals surface area contributed by atoms with Crippen LogP contribution in [0.2, 0.25) is 0 Å². The maximum Gasteiger partial charge on any atom is 0.147 e. The third-order valence-corrected chi connectivity index (χ3v) is 5.01. The number of nitrogens with one attached hydrogen (secondary N) is 1. The lowest BCUT2D eigenvalue weighted by Crippen LogP contribution is -2.30. The van der Waals surface area contributed by atoms with Gasteiger partial charge in [0.05, 0.1) is 5.75 Å². The third kappa shape index (κ3) is 6.06. The normalized spacial score (nSPS) is 15.2. The summed E-state index contributed by atoms with van der Waals surface area (Å²) in [6, 6.07) is 6.66. The van der Waals surface area contributed by atoms with Gasteiger partial charge in [-0.25, -0.2) is 8.42 Å². The smallest absolute Gasteiger partial charge is 0.147 e. The predicted octanol–water partition coefficient (Wildman–Crippen LogP) is 3.23. The van der Waals surface area contributed by atoms with Crippen molar-refractivity contribution >= 4 is 25.8 Å². The van der Waals surface area contributed by atoms with Crippen LogP contribution in [0.25, 0.3) is 0 Å². The molecule has 1 rings (SSSR count). The Balaban J connectivity index is 2.58. The Morgan fingerprint density at radius 2 is 1.95 bits per heavy atom. The fraction of sp³-hybridized carbons (Fsp3) is 0.571. The lowest BCUT2D eigenvalue weighted by molar-refractivity contribution is 0.468. The molecule has 1 N–H and O–H groups in total. The second-order valence-electron chi connectivity index (χ2n) is 5.22. The molecule has 3 nitrogen and oxygen atoms in total. The van der Waals surface area contributed by atoms with E-state index in [-0.39, 0.29) is 17.8 Å². The molecule has 0 aliphatic carbocycles. The standard InChI is InChI=1S/C14H22BrNO2S/c1-10-9-13(5-6-14(10)15)12(3)16-11(2)7-8-19(4,17)18/h5-6,9,11-12,16H,7-8H2,1-4H3/t11-,12+/m1/s1. The SMILES string of the molecule is Cc1cc([C@H](C)N[C@H](C)CCS(C)(=O)=O)ccc1Br. The molecule has 1 aromatic carbocycles. The van der Waals surface area contributed by atoms with Crippen LogP contribution in [0.3, 0.4) is 0 Å². The third-order valence-electron chi connectivity index (χ3n) is 3.14. The second-order valence-corrected chi connectivity index (χ2v) is 8.33. The summed E-state index contributed by atoms with van der Waals surface area (Å²) >= 11 is 3.49. The van der Waals surface area contributed by atoms with Gasteiger partial charge in [-0.1, -0.05) is 28.1 Å². The molecule has 0 saturated heterocycles. The van der Waals surface area contributed by atoms with Crippen LogP contribution in [0.4, 0.5) is 0 Å². The van der Waals surface area contributed by atoms with Gasteiger partial charge in [0.25, 0.3) is 0 Å². The number of benzene rings is 1. The van der Waals surface area contributed by atoms with Gasteiger partial charge in [-0.2, -0.15) is 0 Å². The molecule has 0 aliphatic rings. The van der Waals surface area contributed by atoms with Crippen LogP contribution in [0.5, 0.6) is 0 Å². The van der Waals surface area contributed by atoms with Gasteiger partial charge in [0.1, 0.15) is 9.84 Å². The van der Waals surface area contributed by atoms with Crippen molar-refractivity contribution in [1.29, 1.82) is 0 Å². The summed E-state index contributed by atoms with van der Waals surface area (Å²) in [6.45, 7) is 6.18. The largest absolute Gasteiger partial charge is 0.308 e. The van der Waals surface area contributed by atoms with Gasteiger partial charge < -0.3 is 5.32 Å². The molecule has 0 bridgehead atoms. The van der Waals surface area contributed by atoms with Crippen LogP contribution < -0.4 is 5.32 Å². The zero-order chi connectivity index (χ0) is 14.6. The number of aryl methyl sites for hydroxylation is 1. The van der Waals surface area contributed by atoms with Gasteiger partial charge in [0, 0.05) is 22.8 Å². The summed E-state index contributed by atoms with van der Waals surface area (Å²) < 4.78 is 23.4. The van der Waals surface area contributed by atoms with E-state index in [1.807, 2.05) is 13.0 Å². The first kappa shape index (κ1) is 16.7. The quantitative estimate of drug-likeness (QED) is 0.859. The van der Waals surface area contributed by atoms with Gasteiger partial charge in [-0.05, 0) is 44.4 Å². The molecule has 0 saturated carbocycles. The summed E-state index contributed by atoms with van der Waals surface area (Å²) in [7, 11) is -2.88. The van der Waals surface area contributed by atoms with Gasteiger partial charge in [0.2, 0.25) is 0 Å². The molecule has 5 heteroatoms. The summed E-state index contributed by atoms with van der Waals surface area (Å²) in [5.74, 6) is 0.229. The highest BCUT2D eigenvalue weighted by Crippen LogP contribution is 2.21. The van der Waals surface area contributed by atoms with E-state index in [2.05, 4.69) is 47.2 Å². The molecule has 2 atom stereocenters. The summed E-state index contributed by atoms with van der Waals surface area (Å²) in [6.07, 6.45) is 1.92. The van der Waals surface area contributed by atoms with Crippen LogP contribution in [-0.2, 0) is 9.84 Å². The predicted molar refractivity (Wildman–Crippen MR) is 84.2 cm³/mol. The highest BCUT2D eigenvalue weighted by molar-refractivity contribution is 9.10. The Hall–Kier alpha value is -0.390. The van der Waals surface area contributed by atoms with Gasteiger partial charge in [0.15, 0.2) is 0 Å². The zero-order valence-electron chi connectivity index (χ0n) is 11.9. The molecule has 0 amide bonds. The van der Waals surface area contributed by atoms with E-state index < -0.39 is 9.84 Å². The minimum atomic E-state index is -2.88. The van der Waals surface area contributed by atoms with E-state index in [1.165, 1.54) is 17.4 Å². The first-order valence-corrected chi connectivity index (χ1v) is 9.24. The van der Waals surface area contributed by atoms with Crippen LogP contribution in [0.15, 0.2) is 22.7 Å². The Bertz CT molecular complexity index is 528. The lowest BCUT2D eigenvalue weighted by atomic mass is 10.0. The van der Waals surface area contributed by atoms with Crippen LogP contribution >= 0.6 is 15.9 Å². The number of rotatable bonds is 6. The van der Waals surface area contributed by atoms with E-state index in [1.54, 1.807) is 0 Å². The zero-order valence-corrected chi connectivity index (χ0v) is 14.3. The van der Waals surface area contributed by atoms with E-state index in [4.69, 9.17) is 0 Å². The van der Waals surface area contributed by atoms with Gasteiger partial charge in [-0.15, -0.1) is 0 Å². The van der Waals surface area contributed by atoms with Crippen molar-refractivity contribution in [3.05, 3.63) is 33.8 Å². The van der Waals surface area contributed by atoms with Crippen molar-refractivity contribution in [3.63, 3.8) is 0 Å². The van der Waals surface area contributed by atoms with Crippen LogP contribution in [-0.4, -0.2) is 26.5 Å². The summed E-state index contributed by atoms with van der Waals surface area (Å²) in [4.78, 5) is 0. The van der Waals surface area contributed by atoms with Gasteiger partial charge >= 0.3 is 0 Å². The lowest BCUT2D eigenvalue weighted by Gasteiger charge is -2.20. The monoisotopic (exact) mass is 347 g/mol. The molecule has 1 aromatic rings. The second kappa shape index (κ2) is 6.86. The van der Waals surface area contributed by atoms with E-state index >= 15 is 0 Å². The first-order chi connectivity index (χ1) is 8.69. The Labute approximate surface area is 124 Å². The fourth-order valence-electron chi connectivity index (χ4n) is 1.93. The average Bonchev–Trinajstić information content (AvgIpc) is 2.29. The number of sulfone groups is 1. The topological polar surface area (TPSA) is 46.2 Å². The molecule has 0 radical (unpaired) electrons. The van der Waals surface area contributed by atoms with E-state index in [0.29, 0.717) is 6.42 Å². The molecule has 0 aliphatic heterocycles. The molecular formula is C14H22BrNO2S. The van der Waals surface area contributed by atoms with Crippen LogP contribution in [0, 0.1) is 6.92 Å². The Morgan fingerprint density at radius 1 is 1.32 bits per heavy atom. The molecule has 108 valence electrons. The van der Waals surface area contributed by atoms with Crippen molar-refractivity contribution < 1.29 is 8.42 Å². The van der Waals surface area contributed by atoms with Crippen molar-refractivity contribution in [1.82, 2.24) is 5.32 Å². The summed E-state index contributed by atoms with van der Waals surface area (Å²) in [5, 5.41) is 3.44. The number of hydrogen-bond donors (Lipinski definition) is 1. The van der Waals surface area contributed by atoms with E-state index in [0.717, 1.165) is 4.47 Å². The Morgan fingerprint density at radius 3 is 2.47 bits per heavy atom. The maximum atomic E-state index is 11.1. The van der Waals surface area contributed by atoms with Crippen LogP contribution in [0.1, 0.15) is 37.4 Å². The molecule has 0 unspecified atom stereocenters. The van der Waals surface area contributed by atoms with Crippen molar-refractivity contribution in [3.8, 4) is 0 Å². The fourth-order valence-corrected chi connectivity index (χ4v) is 2.96. The maximum absolute atomic E-state index is 11.1.